The predicted molar refractivity (Wildman–Crippen MR) is 97.6 cm³/mol. The van der Waals surface area contributed by atoms with E-state index < -0.39 is 0 Å². The molecule has 1 saturated heterocycles. The average Bonchev–Trinajstić information content (AvgIpc) is 3.12. The normalized spacial score (nSPS) is 16.8. The second-order valence-corrected chi connectivity index (χ2v) is 6.56. The summed E-state index contributed by atoms with van der Waals surface area (Å²) in [6.07, 6.45) is 3.78. The van der Waals surface area contributed by atoms with Crippen molar-refractivity contribution in [3.8, 4) is 5.88 Å². The first-order valence-electron chi connectivity index (χ1n) is 8.69. The molecule has 5 heteroatoms. The summed E-state index contributed by atoms with van der Waals surface area (Å²) in [5.41, 5.74) is 4.73. The minimum Gasteiger partial charge on any atom is -0.481 e. The van der Waals surface area contributed by atoms with Gasteiger partial charge < -0.3 is 15.0 Å². The van der Waals surface area contributed by atoms with Gasteiger partial charge in [0.1, 0.15) is 0 Å². The molecule has 1 atom stereocenters. The van der Waals surface area contributed by atoms with Crippen LogP contribution in [0.4, 0.5) is 4.79 Å². The van der Waals surface area contributed by atoms with Gasteiger partial charge in [-0.25, -0.2) is 9.78 Å². The van der Waals surface area contributed by atoms with Gasteiger partial charge in [-0.05, 0) is 48.9 Å². The maximum absolute atomic E-state index is 12.6. The molecule has 1 aromatic heterocycles. The van der Waals surface area contributed by atoms with Gasteiger partial charge in [0.2, 0.25) is 5.88 Å². The molecule has 0 saturated carbocycles. The molecule has 3 rings (SSSR count). The summed E-state index contributed by atoms with van der Waals surface area (Å²) in [5.74, 6) is 0.574. The van der Waals surface area contributed by atoms with Crippen LogP contribution in [0.25, 0.3) is 0 Å². The zero-order valence-corrected chi connectivity index (χ0v) is 15.1. The molecule has 1 aliphatic rings. The first-order valence-corrected chi connectivity index (χ1v) is 8.69. The van der Waals surface area contributed by atoms with Gasteiger partial charge in [0.25, 0.3) is 0 Å². The number of urea groups is 1. The highest BCUT2D eigenvalue weighted by molar-refractivity contribution is 5.75. The fourth-order valence-electron chi connectivity index (χ4n) is 3.24. The van der Waals surface area contributed by atoms with Crippen molar-refractivity contribution in [3.63, 3.8) is 0 Å². The lowest BCUT2D eigenvalue weighted by Crippen LogP contribution is -2.39. The summed E-state index contributed by atoms with van der Waals surface area (Å²) in [6.45, 7) is 5.49. The second kappa shape index (κ2) is 7.55. The number of rotatable bonds is 4. The maximum Gasteiger partial charge on any atom is 0.318 e. The topological polar surface area (TPSA) is 54.5 Å². The number of likely N-dealkylation sites (tertiary alicyclic amines) is 1. The van der Waals surface area contributed by atoms with E-state index in [9.17, 15) is 4.79 Å². The molecule has 1 unspecified atom stereocenters. The number of carbonyl (C=O) groups is 1. The molecular formula is C20H25N3O2. The number of hydrogen-bond acceptors (Lipinski definition) is 3. The molecule has 0 aliphatic carbocycles. The lowest BCUT2D eigenvalue weighted by Gasteiger charge is -2.26. The van der Waals surface area contributed by atoms with E-state index >= 15 is 0 Å². The van der Waals surface area contributed by atoms with Crippen LogP contribution in [0.1, 0.15) is 41.1 Å². The smallest absolute Gasteiger partial charge is 0.318 e. The monoisotopic (exact) mass is 339 g/mol. The van der Waals surface area contributed by atoms with Crippen LogP contribution in [-0.2, 0) is 6.54 Å². The number of aromatic nitrogens is 1. The fraction of sp³-hybridized carbons (Fsp3) is 0.400. The summed E-state index contributed by atoms with van der Waals surface area (Å²) in [7, 11) is 1.59. The van der Waals surface area contributed by atoms with Crippen molar-refractivity contribution in [2.24, 2.45) is 0 Å². The lowest BCUT2D eigenvalue weighted by molar-refractivity contribution is 0.192. The first kappa shape index (κ1) is 17.3. The van der Waals surface area contributed by atoms with Gasteiger partial charge in [0.05, 0.1) is 13.2 Å². The van der Waals surface area contributed by atoms with Crippen molar-refractivity contribution in [2.45, 2.75) is 39.3 Å². The number of hydrogen-bond donors (Lipinski definition) is 1. The van der Waals surface area contributed by atoms with Gasteiger partial charge in [0, 0.05) is 25.4 Å². The highest BCUT2D eigenvalue weighted by atomic mass is 16.5. The molecule has 2 aromatic rings. The van der Waals surface area contributed by atoms with Crippen LogP contribution < -0.4 is 10.1 Å². The molecule has 0 radical (unpaired) electrons. The van der Waals surface area contributed by atoms with Crippen LogP contribution in [0.15, 0.2) is 36.5 Å². The SMILES string of the molecule is COc1ccc(CNC(=O)N2CCCC2c2ccc(C)c(C)c2)cn1. The molecule has 0 spiro atoms. The van der Waals surface area contributed by atoms with E-state index in [1.54, 1.807) is 19.4 Å². The highest BCUT2D eigenvalue weighted by Crippen LogP contribution is 2.32. The molecule has 5 nitrogen and oxygen atoms in total. The molecular weight excluding hydrogens is 314 g/mol. The highest BCUT2D eigenvalue weighted by Gasteiger charge is 2.29. The Morgan fingerprint density at radius 2 is 2.12 bits per heavy atom. The minimum atomic E-state index is -0.0171. The zero-order valence-electron chi connectivity index (χ0n) is 15.1. The third kappa shape index (κ3) is 3.92. The van der Waals surface area contributed by atoms with Crippen LogP contribution in [0.5, 0.6) is 5.88 Å². The fourth-order valence-corrected chi connectivity index (χ4v) is 3.24. The van der Waals surface area contributed by atoms with Crippen LogP contribution in [0.3, 0.4) is 0 Å². The molecule has 0 bridgehead atoms. The Morgan fingerprint density at radius 3 is 2.80 bits per heavy atom. The third-order valence-electron chi connectivity index (χ3n) is 4.88. The van der Waals surface area contributed by atoms with Gasteiger partial charge in [-0.1, -0.05) is 24.3 Å². The van der Waals surface area contributed by atoms with Crippen molar-refractivity contribution < 1.29 is 9.53 Å². The summed E-state index contributed by atoms with van der Waals surface area (Å²) in [5, 5.41) is 3.01. The zero-order chi connectivity index (χ0) is 17.8. The van der Waals surface area contributed by atoms with Crippen molar-refractivity contribution in [1.82, 2.24) is 15.2 Å². The van der Waals surface area contributed by atoms with Gasteiger partial charge in [-0.15, -0.1) is 0 Å². The van der Waals surface area contributed by atoms with E-state index in [1.807, 2.05) is 11.0 Å². The Balaban J connectivity index is 1.64. The number of aryl methyl sites for hydroxylation is 2. The number of benzene rings is 1. The van der Waals surface area contributed by atoms with Crippen molar-refractivity contribution >= 4 is 6.03 Å². The summed E-state index contributed by atoms with van der Waals surface area (Å²) in [6, 6.07) is 10.4. The second-order valence-electron chi connectivity index (χ2n) is 6.56. The standard InChI is InChI=1S/C20H25N3O2/c1-14-6-8-17(11-15(14)2)18-5-4-10-23(18)20(24)22-13-16-7-9-19(25-3)21-12-16/h6-9,11-12,18H,4-5,10,13H2,1-3H3,(H,22,24). The molecule has 1 aliphatic heterocycles. The summed E-state index contributed by atoms with van der Waals surface area (Å²) >= 11 is 0. The summed E-state index contributed by atoms with van der Waals surface area (Å²) in [4.78, 5) is 18.8. The predicted octanol–water partition coefficient (Wildman–Crippen LogP) is 3.75. The van der Waals surface area contributed by atoms with Gasteiger partial charge >= 0.3 is 6.03 Å². The van der Waals surface area contributed by atoms with E-state index in [1.165, 1.54) is 16.7 Å². The Morgan fingerprint density at radius 1 is 1.28 bits per heavy atom. The van der Waals surface area contributed by atoms with Crippen LogP contribution in [0, 0.1) is 13.8 Å². The maximum atomic E-state index is 12.6. The minimum absolute atomic E-state index is 0.0171. The van der Waals surface area contributed by atoms with E-state index in [0.29, 0.717) is 12.4 Å². The van der Waals surface area contributed by atoms with Gasteiger partial charge in [0.15, 0.2) is 0 Å². The van der Waals surface area contributed by atoms with E-state index in [-0.39, 0.29) is 12.1 Å². The molecule has 25 heavy (non-hydrogen) atoms. The summed E-state index contributed by atoms with van der Waals surface area (Å²) < 4.78 is 5.05. The Kier molecular flexibility index (Phi) is 5.22. The van der Waals surface area contributed by atoms with Gasteiger partial charge in [-0.3, -0.25) is 0 Å². The number of carbonyl (C=O) groups excluding carboxylic acids is 1. The molecule has 1 N–H and O–H groups in total. The molecule has 1 aromatic carbocycles. The number of amides is 2. The molecule has 2 amide bonds. The molecule has 2 heterocycles. The lowest BCUT2D eigenvalue weighted by atomic mass is 9.99. The molecule has 132 valence electrons. The Labute approximate surface area is 149 Å². The largest absolute Gasteiger partial charge is 0.481 e. The third-order valence-corrected chi connectivity index (χ3v) is 4.88. The number of nitrogens with zero attached hydrogens (tertiary/aromatic N) is 2. The van der Waals surface area contributed by atoms with Gasteiger partial charge in [-0.2, -0.15) is 0 Å². The average molecular weight is 339 g/mol. The number of nitrogens with one attached hydrogen (secondary N) is 1. The van der Waals surface area contributed by atoms with Crippen molar-refractivity contribution in [3.05, 3.63) is 58.8 Å². The van der Waals surface area contributed by atoms with E-state index in [4.69, 9.17) is 4.74 Å². The quantitative estimate of drug-likeness (QED) is 0.923. The van der Waals surface area contributed by atoms with Crippen LogP contribution in [0.2, 0.25) is 0 Å². The van der Waals surface area contributed by atoms with Crippen LogP contribution >= 0.6 is 0 Å². The molecule has 1 fully saturated rings. The van der Waals surface area contributed by atoms with E-state index in [0.717, 1.165) is 24.9 Å². The Hall–Kier alpha value is -2.56. The number of pyridine rings is 1. The first-order chi connectivity index (χ1) is 12.1. The number of methoxy groups -OCH3 is 1. The van der Waals surface area contributed by atoms with E-state index in [2.05, 4.69) is 42.3 Å². The number of ether oxygens (including phenoxy) is 1. The van der Waals surface area contributed by atoms with Crippen molar-refractivity contribution in [1.29, 1.82) is 0 Å². The van der Waals surface area contributed by atoms with Crippen molar-refractivity contribution in [2.75, 3.05) is 13.7 Å². The van der Waals surface area contributed by atoms with Crippen LogP contribution in [-0.4, -0.2) is 29.6 Å². The Bertz CT molecular complexity index is 743.